The molecule has 0 spiro atoms. The van der Waals surface area contributed by atoms with E-state index in [1.54, 1.807) is 0 Å². The minimum Gasteiger partial charge on any atom is -0.508 e. The van der Waals surface area contributed by atoms with Gasteiger partial charge in [-0.1, -0.05) is 19.3 Å². The Bertz CT molecular complexity index is 495. The van der Waals surface area contributed by atoms with E-state index in [0.717, 1.165) is 12.8 Å². The van der Waals surface area contributed by atoms with E-state index in [4.69, 9.17) is 5.11 Å². The van der Waals surface area contributed by atoms with Crippen LogP contribution >= 0.6 is 0 Å². The molecule has 0 saturated heterocycles. The van der Waals surface area contributed by atoms with Crippen LogP contribution in [-0.4, -0.2) is 27.8 Å². The van der Waals surface area contributed by atoms with Crippen LogP contribution in [0, 0.1) is 5.92 Å². The molecule has 1 saturated carbocycles. The molecule has 1 amide bonds. The fraction of sp³-hybridized carbons (Fsp3) is 0.562. The molecule has 0 heterocycles. The highest BCUT2D eigenvalue weighted by Crippen LogP contribution is 2.25. The first-order valence-corrected chi connectivity index (χ1v) is 7.50. The van der Waals surface area contributed by atoms with Crippen LogP contribution in [0.3, 0.4) is 0 Å². The first kappa shape index (κ1) is 15.8. The minimum absolute atomic E-state index is 0.160. The summed E-state index contributed by atoms with van der Waals surface area (Å²) in [6.07, 6.45) is 6.02. The lowest BCUT2D eigenvalue weighted by Crippen LogP contribution is -2.30. The Hall–Kier alpha value is -1.59. The van der Waals surface area contributed by atoms with Crippen LogP contribution in [0.1, 0.15) is 53.6 Å². The molecule has 116 valence electrons. The van der Waals surface area contributed by atoms with E-state index >= 15 is 0 Å². The predicted molar refractivity (Wildman–Crippen MR) is 78.9 cm³/mol. The third-order valence-electron chi connectivity index (χ3n) is 4.19. The molecule has 0 unspecified atom stereocenters. The smallest absolute Gasteiger partial charge is 0.251 e. The van der Waals surface area contributed by atoms with Crippen LogP contribution in [-0.2, 0) is 13.2 Å². The van der Waals surface area contributed by atoms with Crippen molar-refractivity contribution >= 4 is 5.91 Å². The average Bonchev–Trinajstić information content (AvgIpc) is 2.52. The molecule has 1 aromatic rings. The molecule has 0 bridgehead atoms. The molecule has 2 rings (SSSR count). The van der Waals surface area contributed by atoms with E-state index in [9.17, 15) is 15.0 Å². The molecular weight excluding hydrogens is 270 g/mol. The number of aromatic hydroxyl groups is 1. The third kappa shape index (κ3) is 3.95. The van der Waals surface area contributed by atoms with Crippen molar-refractivity contribution in [1.82, 2.24) is 5.32 Å². The summed E-state index contributed by atoms with van der Waals surface area (Å²) in [6.45, 7) is -0.0469. The molecule has 0 aliphatic heterocycles. The maximum Gasteiger partial charge on any atom is 0.251 e. The Morgan fingerprint density at radius 3 is 2.48 bits per heavy atom. The van der Waals surface area contributed by atoms with E-state index in [2.05, 4.69) is 5.32 Å². The van der Waals surface area contributed by atoms with Gasteiger partial charge in [0.1, 0.15) is 5.75 Å². The number of rotatable bonds is 5. The Morgan fingerprint density at radius 2 is 1.86 bits per heavy atom. The highest BCUT2D eigenvalue weighted by molar-refractivity contribution is 5.95. The molecule has 1 aliphatic rings. The van der Waals surface area contributed by atoms with Gasteiger partial charge in [-0.25, -0.2) is 0 Å². The van der Waals surface area contributed by atoms with Gasteiger partial charge in [0.2, 0.25) is 0 Å². The molecule has 5 heteroatoms. The topological polar surface area (TPSA) is 89.8 Å². The number of aliphatic hydroxyl groups excluding tert-OH is 2. The zero-order valence-corrected chi connectivity index (χ0v) is 12.1. The standard InChI is InChI=1S/C16H23NO4/c18-9-13-6-12(7-15(20)14(13)10-19)16(21)17-8-11-4-2-1-3-5-11/h6-7,11,18-20H,1-5,8-10H2,(H,17,21). The Balaban J connectivity index is 2.03. The van der Waals surface area contributed by atoms with Crippen LogP contribution in [0.2, 0.25) is 0 Å². The number of hydrogen-bond donors (Lipinski definition) is 4. The maximum atomic E-state index is 12.1. The van der Waals surface area contributed by atoms with Gasteiger partial charge in [-0.05, 0) is 36.5 Å². The van der Waals surface area contributed by atoms with Crippen molar-refractivity contribution in [2.45, 2.75) is 45.3 Å². The van der Waals surface area contributed by atoms with E-state index in [1.807, 2.05) is 0 Å². The zero-order valence-electron chi connectivity index (χ0n) is 12.1. The lowest BCUT2D eigenvalue weighted by Gasteiger charge is -2.21. The van der Waals surface area contributed by atoms with Gasteiger partial charge in [0.05, 0.1) is 13.2 Å². The highest BCUT2D eigenvalue weighted by Gasteiger charge is 2.17. The second-order valence-corrected chi connectivity index (χ2v) is 5.66. The van der Waals surface area contributed by atoms with Crippen molar-refractivity contribution in [3.63, 3.8) is 0 Å². The van der Waals surface area contributed by atoms with Crippen LogP contribution in [0.5, 0.6) is 5.75 Å². The summed E-state index contributed by atoms with van der Waals surface area (Å²) in [5.41, 5.74) is 0.950. The number of phenols is 1. The summed E-state index contributed by atoms with van der Waals surface area (Å²) in [6, 6.07) is 2.85. The maximum absolute atomic E-state index is 12.1. The summed E-state index contributed by atoms with van der Waals surface area (Å²) in [4.78, 5) is 12.1. The van der Waals surface area contributed by atoms with Crippen molar-refractivity contribution in [3.05, 3.63) is 28.8 Å². The van der Waals surface area contributed by atoms with Gasteiger partial charge in [0.15, 0.2) is 0 Å². The minimum atomic E-state index is -0.369. The lowest BCUT2D eigenvalue weighted by molar-refractivity contribution is 0.0943. The molecule has 1 aliphatic carbocycles. The lowest BCUT2D eigenvalue weighted by atomic mass is 9.89. The van der Waals surface area contributed by atoms with E-state index in [1.165, 1.54) is 31.4 Å². The normalized spacial score (nSPS) is 15.9. The fourth-order valence-electron chi connectivity index (χ4n) is 2.90. The third-order valence-corrected chi connectivity index (χ3v) is 4.19. The number of carbonyl (C=O) groups excluding carboxylic acids is 1. The Labute approximate surface area is 124 Å². The zero-order chi connectivity index (χ0) is 15.2. The largest absolute Gasteiger partial charge is 0.508 e. The van der Waals surface area contributed by atoms with Gasteiger partial charge in [-0.2, -0.15) is 0 Å². The molecule has 5 nitrogen and oxygen atoms in total. The first-order chi connectivity index (χ1) is 10.2. The van der Waals surface area contributed by atoms with Gasteiger partial charge in [0.25, 0.3) is 5.91 Å². The van der Waals surface area contributed by atoms with Crippen molar-refractivity contribution in [1.29, 1.82) is 0 Å². The fourth-order valence-corrected chi connectivity index (χ4v) is 2.90. The van der Waals surface area contributed by atoms with Gasteiger partial charge < -0.3 is 20.6 Å². The molecule has 0 radical (unpaired) electrons. The molecule has 1 aromatic carbocycles. The average molecular weight is 293 g/mol. The van der Waals surface area contributed by atoms with Crippen molar-refractivity contribution < 1.29 is 20.1 Å². The van der Waals surface area contributed by atoms with Crippen molar-refractivity contribution in [2.75, 3.05) is 6.54 Å². The SMILES string of the molecule is O=C(NCC1CCCCC1)c1cc(O)c(CO)c(CO)c1. The van der Waals surface area contributed by atoms with Crippen LogP contribution < -0.4 is 5.32 Å². The molecular formula is C16H23NO4. The molecule has 4 N–H and O–H groups in total. The Kier molecular flexibility index (Phi) is 5.59. The summed E-state index contributed by atoms with van der Waals surface area (Å²) in [7, 11) is 0. The van der Waals surface area contributed by atoms with Crippen LogP contribution in [0.15, 0.2) is 12.1 Å². The predicted octanol–water partition coefficient (Wildman–Crippen LogP) is 1.69. The van der Waals surface area contributed by atoms with E-state index in [0.29, 0.717) is 23.6 Å². The number of aliphatic hydroxyl groups is 2. The second-order valence-electron chi connectivity index (χ2n) is 5.66. The molecule has 0 atom stereocenters. The monoisotopic (exact) mass is 293 g/mol. The van der Waals surface area contributed by atoms with Gasteiger partial charge in [-0.3, -0.25) is 4.79 Å². The number of hydrogen-bond acceptors (Lipinski definition) is 4. The first-order valence-electron chi connectivity index (χ1n) is 7.50. The quantitative estimate of drug-likeness (QED) is 0.665. The Morgan fingerprint density at radius 1 is 1.14 bits per heavy atom. The van der Waals surface area contributed by atoms with Crippen LogP contribution in [0.25, 0.3) is 0 Å². The second kappa shape index (κ2) is 7.43. The van der Waals surface area contributed by atoms with Crippen LogP contribution in [0.4, 0.5) is 0 Å². The highest BCUT2D eigenvalue weighted by atomic mass is 16.3. The number of nitrogens with one attached hydrogen (secondary N) is 1. The van der Waals surface area contributed by atoms with E-state index in [-0.39, 0.29) is 30.4 Å². The van der Waals surface area contributed by atoms with Crippen molar-refractivity contribution in [3.8, 4) is 5.75 Å². The molecule has 21 heavy (non-hydrogen) atoms. The molecule has 0 aromatic heterocycles. The summed E-state index contributed by atoms with van der Waals surface area (Å²) in [5.74, 6) is 0.118. The van der Waals surface area contributed by atoms with Gasteiger partial charge >= 0.3 is 0 Å². The van der Waals surface area contributed by atoms with Gasteiger partial charge in [-0.15, -0.1) is 0 Å². The number of benzene rings is 1. The van der Waals surface area contributed by atoms with Crippen molar-refractivity contribution in [2.24, 2.45) is 5.92 Å². The summed E-state index contributed by atoms with van der Waals surface area (Å²) < 4.78 is 0. The number of amides is 1. The number of carbonyl (C=O) groups is 1. The van der Waals surface area contributed by atoms with Gasteiger partial charge in [0, 0.05) is 17.7 Å². The summed E-state index contributed by atoms with van der Waals surface area (Å²) >= 11 is 0. The van der Waals surface area contributed by atoms with E-state index < -0.39 is 0 Å². The molecule has 1 fully saturated rings. The summed E-state index contributed by atoms with van der Waals surface area (Å²) in [5, 5.41) is 31.1.